The van der Waals surface area contributed by atoms with E-state index < -0.39 is 18.4 Å². The van der Waals surface area contributed by atoms with E-state index in [1.165, 1.54) is 6.92 Å². The van der Waals surface area contributed by atoms with Crippen LogP contribution < -0.4 is 11.0 Å². The first-order valence-electron chi connectivity index (χ1n) is 18.3. The normalized spacial score (nSPS) is 20.2. The fraction of sp³-hybridized carbons (Fsp3) is 0.357. The van der Waals surface area contributed by atoms with Gasteiger partial charge in [0.2, 0.25) is 0 Å². The number of benzene rings is 4. The number of carbonyl (C=O) groups is 2. The lowest BCUT2D eigenvalue weighted by molar-refractivity contribution is -0.253. The van der Waals surface area contributed by atoms with Crippen LogP contribution in [0.1, 0.15) is 73.8 Å². The third kappa shape index (κ3) is 8.44. The molecule has 7 rings (SSSR count). The van der Waals surface area contributed by atoms with Crippen molar-refractivity contribution in [2.45, 2.75) is 76.9 Å². The van der Waals surface area contributed by atoms with E-state index in [0.717, 1.165) is 76.9 Å². The monoisotopic (exact) mass is 718 g/mol. The summed E-state index contributed by atoms with van der Waals surface area (Å²) in [5.74, 6) is -0.862. The van der Waals surface area contributed by atoms with Gasteiger partial charge in [0, 0.05) is 51.1 Å². The van der Waals surface area contributed by atoms with E-state index in [9.17, 15) is 19.5 Å². The number of aliphatic hydroxyl groups is 1. The zero-order chi connectivity index (χ0) is 36.9. The maximum atomic E-state index is 12.9. The number of ether oxygens (including phenoxy) is 3. The molecule has 2 fully saturated rings. The van der Waals surface area contributed by atoms with E-state index in [4.69, 9.17) is 14.2 Å². The summed E-state index contributed by atoms with van der Waals surface area (Å²) >= 11 is 0. The topological polar surface area (TPSA) is 135 Å². The number of nitrogens with zero attached hydrogens (tertiary/aromatic N) is 2. The van der Waals surface area contributed by atoms with Crippen molar-refractivity contribution < 1.29 is 28.9 Å². The molecule has 2 aliphatic rings. The number of hydrogen-bond donors (Lipinski definition) is 3. The Hall–Kier alpha value is -5.07. The van der Waals surface area contributed by atoms with Crippen molar-refractivity contribution in [1.82, 2.24) is 19.8 Å². The maximum Gasteiger partial charge on any atom is 0.326 e. The Morgan fingerprint density at radius 2 is 1.62 bits per heavy atom. The van der Waals surface area contributed by atoms with Gasteiger partial charge < -0.3 is 34.5 Å². The number of aliphatic hydroxyl groups excluding tert-OH is 1. The van der Waals surface area contributed by atoms with Gasteiger partial charge in [-0.25, -0.2) is 4.79 Å². The second-order valence-electron chi connectivity index (χ2n) is 13.9. The molecule has 0 aliphatic carbocycles. The number of aromatic nitrogens is 2. The standard InChI is InChI=1S/C42H46N4O7/c1-27(51-28(2)48)40(49)43-24-33-7-3-4-8-36(33)30-15-17-32(18-16-30)41-52-35(23-39(53-41)31-13-11-29(26-47)12-14-31)25-45-21-19-34(20-22-45)46-38-10-6-5-9-37(38)44-42(46)50/h3-18,27,34-35,39,41,47H,19-26H2,1-2H3,(H,43,49)(H,44,50). The van der Waals surface area contributed by atoms with Crippen LogP contribution in [0.3, 0.4) is 0 Å². The minimum atomic E-state index is -0.877. The minimum Gasteiger partial charge on any atom is -0.453 e. The molecule has 5 aromatic rings. The first kappa shape index (κ1) is 36.3. The fourth-order valence-electron chi connectivity index (χ4n) is 7.52. The lowest BCUT2D eigenvalue weighted by atomic mass is 9.97. The van der Waals surface area contributed by atoms with Crippen LogP contribution in [0.15, 0.2) is 102 Å². The van der Waals surface area contributed by atoms with Crippen molar-refractivity contribution >= 4 is 22.9 Å². The van der Waals surface area contributed by atoms with E-state index in [-0.39, 0.29) is 43.0 Å². The summed E-state index contributed by atoms with van der Waals surface area (Å²) in [5, 5.41) is 12.5. The first-order valence-corrected chi connectivity index (χ1v) is 18.3. The summed E-state index contributed by atoms with van der Waals surface area (Å²) in [6.45, 7) is 5.55. The van der Waals surface area contributed by atoms with Gasteiger partial charge in [-0.1, -0.05) is 84.9 Å². The molecule has 11 heteroatoms. The van der Waals surface area contributed by atoms with Gasteiger partial charge in [0.15, 0.2) is 12.4 Å². The highest BCUT2D eigenvalue weighted by Gasteiger charge is 2.34. The second kappa shape index (κ2) is 16.3. The lowest BCUT2D eigenvalue weighted by Crippen LogP contribution is -2.43. The molecule has 0 spiro atoms. The Morgan fingerprint density at radius 3 is 2.36 bits per heavy atom. The molecule has 4 unspecified atom stereocenters. The quantitative estimate of drug-likeness (QED) is 0.143. The highest BCUT2D eigenvalue weighted by atomic mass is 16.7. The number of piperidine rings is 1. The van der Waals surface area contributed by atoms with Crippen LogP contribution in [0.25, 0.3) is 22.2 Å². The molecule has 3 heterocycles. The SMILES string of the molecule is CC(=O)OC(C)C(=O)NCc1ccccc1-c1ccc(C2OC(CN3CCC(n4c(=O)[nH]c5ccccc54)CC3)CC(c3ccc(CO)cc3)O2)cc1. The van der Waals surface area contributed by atoms with Gasteiger partial charge >= 0.3 is 11.7 Å². The van der Waals surface area contributed by atoms with Crippen LogP contribution in [0.5, 0.6) is 0 Å². The first-order chi connectivity index (χ1) is 25.7. The van der Waals surface area contributed by atoms with Crippen molar-refractivity contribution in [3.8, 4) is 11.1 Å². The summed E-state index contributed by atoms with van der Waals surface area (Å²) < 4.78 is 20.2. The number of fused-ring (bicyclic) bond motifs is 1. The van der Waals surface area contributed by atoms with Crippen LogP contribution in [0.4, 0.5) is 0 Å². The summed E-state index contributed by atoms with van der Waals surface area (Å²) in [5.41, 5.74) is 7.43. The van der Waals surface area contributed by atoms with Gasteiger partial charge in [0.1, 0.15) is 0 Å². The minimum absolute atomic E-state index is 0.0178. The number of hydrogen-bond acceptors (Lipinski definition) is 8. The van der Waals surface area contributed by atoms with Crippen LogP contribution in [-0.4, -0.2) is 63.3 Å². The molecule has 11 nitrogen and oxygen atoms in total. The molecular weight excluding hydrogens is 672 g/mol. The van der Waals surface area contributed by atoms with Crippen LogP contribution in [0.2, 0.25) is 0 Å². The molecule has 2 saturated heterocycles. The summed E-state index contributed by atoms with van der Waals surface area (Å²) in [6.07, 6.45) is 0.665. The summed E-state index contributed by atoms with van der Waals surface area (Å²) in [4.78, 5) is 42.1. The average molecular weight is 719 g/mol. The molecule has 0 bridgehead atoms. The summed E-state index contributed by atoms with van der Waals surface area (Å²) in [7, 11) is 0. The van der Waals surface area contributed by atoms with Gasteiger partial charge in [0.25, 0.3) is 5.91 Å². The third-order valence-electron chi connectivity index (χ3n) is 10.3. The van der Waals surface area contributed by atoms with Gasteiger partial charge in [-0.3, -0.25) is 14.2 Å². The number of aromatic amines is 1. The zero-order valence-corrected chi connectivity index (χ0v) is 30.1. The number of nitrogens with one attached hydrogen (secondary N) is 2. The van der Waals surface area contributed by atoms with Crippen LogP contribution >= 0.6 is 0 Å². The van der Waals surface area contributed by atoms with Gasteiger partial charge in [-0.05, 0) is 59.7 Å². The third-order valence-corrected chi connectivity index (χ3v) is 10.3. The van der Waals surface area contributed by atoms with Gasteiger partial charge in [-0.15, -0.1) is 0 Å². The van der Waals surface area contributed by atoms with Crippen molar-refractivity contribution in [2.24, 2.45) is 0 Å². The van der Waals surface area contributed by atoms with Crippen molar-refractivity contribution in [2.75, 3.05) is 19.6 Å². The molecule has 2 aliphatic heterocycles. The fourth-order valence-corrected chi connectivity index (χ4v) is 7.52. The van der Waals surface area contributed by atoms with E-state index in [1.807, 2.05) is 102 Å². The van der Waals surface area contributed by atoms with Gasteiger partial charge in [-0.2, -0.15) is 0 Å². The number of amides is 1. The number of rotatable bonds is 11. The highest BCUT2D eigenvalue weighted by molar-refractivity contribution is 5.83. The predicted molar refractivity (Wildman–Crippen MR) is 201 cm³/mol. The molecular formula is C42H46N4O7. The predicted octanol–water partition coefficient (Wildman–Crippen LogP) is 5.94. The lowest BCUT2D eigenvalue weighted by Gasteiger charge is -2.40. The molecule has 4 aromatic carbocycles. The molecule has 1 aromatic heterocycles. The molecule has 3 N–H and O–H groups in total. The Balaban J connectivity index is 1.05. The number of H-pyrrole nitrogens is 1. The van der Waals surface area contributed by atoms with Crippen molar-refractivity contribution in [3.05, 3.63) is 130 Å². The second-order valence-corrected chi connectivity index (χ2v) is 13.9. The average Bonchev–Trinajstić information content (AvgIpc) is 3.52. The van der Waals surface area contributed by atoms with Crippen molar-refractivity contribution in [1.29, 1.82) is 0 Å². The van der Waals surface area contributed by atoms with E-state index in [2.05, 4.69) is 15.2 Å². The molecule has 53 heavy (non-hydrogen) atoms. The largest absolute Gasteiger partial charge is 0.453 e. The van der Waals surface area contributed by atoms with Crippen LogP contribution in [0, 0.1) is 0 Å². The highest BCUT2D eigenvalue weighted by Crippen LogP contribution is 2.39. The van der Waals surface area contributed by atoms with Gasteiger partial charge in [0.05, 0.1) is 29.8 Å². The Kier molecular flexibility index (Phi) is 11.2. The Morgan fingerprint density at radius 1 is 0.925 bits per heavy atom. The molecule has 0 radical (unpaired) electrons. The van der Waals surface area contributed by atoms with E-state index in [0.29, 0.717) is 6.42 Å². The Labute approximate surface area is 308 Å². The maximum absolute atomic E-state index is 12.9. The number of imidazole rings is 1. The number of esters is 1. The smallest absolute Gasteiger partial charge is 0.326 e. The Bertz CT molecular complexity index is 2080. The molecule has 1 amide bonds. The number of carbonyl (C=O) groups excluding carboxylic acids is 2. The zero-order valence-electron chi connectivity index (χ0n) is 30.1. The van der Waals surface area contributed by atoms with E-state index in [1.54, 1.807) is 6.92 Å². The molecule has 0 saturated carbocycles. The summed E-state index contributed by atoms with van der Waals surface area (Å²) in [6, 6.07) is 31.9. The number of para-hydroxylation sites is 2. The van der Waals surface area contributed by atoms with Crippen molar-refractivity contribution in [3.63, 3.8) is 0 Å². The number of likely N-dealkylation sites (tertiary alicyclic amines) is 1. The molecule has 276 valence electrons. The van der Waals surface area contributed by atoms with Crippen LogP contribution in [-0.2, 0) is 37.0 Å². The van der Waals surface area contributed by atoms with E-state index >= 15 is 0 Å². The molecule has 4 atom stereocenters.